The summed E-state index contributed by atoms with van der Waals surface area (Å²) in [5.41, 5.74) is 0.384. The summed E-state index contributed by atoms with van der Waals surface area (Å²) < 4.78 is 10.8. The van der Waals surface area contributed by atoms with Gasteiger partial charge in [-0.3, -0.25) is 0 Å². The molecule has 0 bridgehead atoms. The van der Waals surface area contributed by atoms with Crippen molar-refractivity contribution in [3.8, 4) is 5.88 Å². The standard InChI is InChI=1S/C14H20N2O3/c1-10(2)19-14(17)12-6-4-8-16-13(12)18-9-11-5-3-7-15-11/h4,6,8,10-11,15H,3,5,7,9H2,1-2H3. The van der Waals surface area contributed by atoms with Gasteiger partial charge in [0, 0.05) is 12.2 Å². The summed E-state index contributed by atoms with van der Waals surface area (Å²) in [4.78, 5) is 16.0. The molecule has 5 heteroatoms. The van der Waals surface area contributed by atoms with E-state index in [1.54, 1.807) is 18.3 Å². The van der Waals surface area contributed by atoms with Gasteiger partial charge in [0.1, 0.15) is 12.2 Å². The van der Waals surface area contributed by atoms with Gasteiger partial charge in [-0.05, 0) is 45.4 Å². The predicted molar refractivity (Wildman–Crippen MR) is 71.3 cm³/mol. The smallest absolute Gasteiger partial charge is 0.343 e. The summed E-state index contributed by atoms with van der Waals surface area (Å²) >= 11 is 0. The van der Waals surface area contributed by atoms with Gasteiger partial charge in [-0.25, -0.2) is 9.78 Å². The molecule has 1 atom stereocenters. The third-order valence-electron chi connectivity index (χ3n) is 2.92. The van der Waals surface area contributed by atoms with Crippen molar-refractivity contribution in [2.45, 2.75) is 38.8 Å². The van der Waals surface area contributed by atoms with Crippen LogP contribution in [0, 0.1) is 0 Å². The quantitative estimate of drug-likeness (QED) is 0.821. The molecule has 5 nitrogen and oxygen atoms in total. The lowest BCUT2D eigenvalue weighted by molar-refractivity contribution is 0.0372. The van der Waals surface area contributed by atoms with E-state index in [1.165, 1.54) is 6.42 Å². The van der Waals surface area contributed by atoms with Gasteiger partial charge in [0.05, 0.1) is 6.10 Å². The number of aromatic nitrogens is 1. The van der Waals surface area contributed by atoms with Crippen molar-refractivity contribution >= 4 is 5.97 Å². The van der Waals surface area contributed by atoms with E-state index < -0.39 is 5.97 Å². The zero-order valence-corrected chi connectivity index (χ0v) is 11.4. The average Bonchev–Trinajstić information content (AvgIpc) is 2.89. The molecular formula is C14H20N2O3. The van der Waals surface area contributed by atoms with Crippen LogP contribution in [0.3, 0.4) is 0 Å². The molecule has 1 unspecified atom stereocenters. The number of carbonyl (C=O) groups excluding carboxylic acids is 1. The van der Waals surface area contributed by atoms with Gasteiger partial charge in [-0.15, -0.1) is 0 Å². The van der Waals surface area contributed by atoms with Crippen LogP contribution in [0.4, 0.5) is 0 Å². The van der Waals surface area contributed by atoms with Gasteiger partial charge in [-0.1, -0.05) is 0 Å². The first-order valence-electron chi connectivity index (χ1n) is 6.69. The van der Waals surface area contributed by atoms with Crippen molar-refractivity contribution in [2.24, 2.45) is 0 Å². The Morgan fingerprint density at radius 3 is 3.11 bits per heavy atom. The average molecular weight is 264 g/mol. The molecule has 2 heterocycles. The van der Waals surface area contributed by atoms with Crippen molar-refractivity contribution in [2.75, 3.05) is 13.2 Å². The normalized spacial score (nSPS) is 18.6. The van der Waals surface area contributed by atoms with Gasteiger partial charge < -0.3 is 14.8 Å². The van der Waals surface area contributed by atoms with Crippen LogP contribution in [-0.2, 0) is 4.74 Å². The maximum atomic E-state index is 11.9. The Hall–Kier alpha value is -1.62. The highest BCUT2D eigenvalue weighted by Crippen LogP contribution is 2.17. The molecule has 1 aliphatic rings. The first-order chi connectivity index (χ1) is 9.16. The summed E-state index contributed by atoms with van der Waals surface area (Å²) in [6, 6.07) is 3.73. The van der Waals surface area contributed by atoms with Gasteiger partial charge in [0.2, 0.25) is 5.88 Å². The van der Waals surface area contributed by atoms with Crippen LogP contribution in [0.1, 0.15) is 37.0 Å². The lowest BCUT2D eigenvalue weighted by Gasteiger charge is -2.14. The van der Waals surface area contributed by atoms with Crippen molar-refractivity contribution in [3.63, 3.8) is 0 Å². The fourth-order valence-electron chi connectivity index (χ4n) is 2.02. The number of rotatable bonds is 5. The Balaban J connectivity index is 2.00. The van der Waals surface area contributed by atoms with Gasteiger partial charge in [0.15, 0.2) is 0 Å². The lowest BCUT2D eigenvalue weighted by atomic mass is 10.2. The highest BCUT2D eigenvalue weighted by Gasteiger charge is 2.19. The minimum atomic E-state index is -0.391. The second-order valence-electron chi connectivity index (χ2n) is 4.91. The topological polar surface area (TPSA) is 60.5 Å². The van der Waals surface area contributed by atoms with Crippen molar-refractivity contribution in [1.82, 2.24) is 10.3 Å². The van der Waals surface area contributed by atoms with E-state index in [2.05, 4.69) is 10.3 Å². The fraction of sp³-hybridized carbons (Fsp3) is 0.571. The summed E-state index contributed by atoms with van der Waals surface area (Å²) in [7, 11) is 0. The Bertz CT molecular complexity index is 428. The molecule has 1 fully saturated rings. The Kier molecular flexibility index (Phi) is 4.74. The summed E-state index contributed by atoms with van der Waals surface area (Å²) in [6.45, 7) is 5.19. The molecule has 1 aliphatic heterocycles. The van der Waals surface area contributed by atoms with E-state index in [1.807, 2.05) is 13.8 Å². The van der Waals surface area contributed by atoms with E-state index in [0.717, 1.165) is 13.0 Å². The third-order valence-corrected chi connectivity index (χ3v) is 2.92. The Morgan fingerprint density at radius 1 is 1.58 bits per heavy atom. The molecule has 1 N–H and O–H groups in total. The van der Waals surface area contributed by atoms with Gasteiger partial charge >= 0.3 is 5.97 Å². The minimum absolute atomic E-state index is 0.156. The number of ether oxygens (including phenoxy) is 2. The number of pyridine rings is 1. The van der Waals surface area contributed by atoms with Crippen molar-refractivity contribution in [3.05, 3.63) is 23.9 Å². The van der Waals surface area contributed by atoms with Crippen LogP contribution in [0.5, 0.6) is 5.88 Å². The van der Waals surface area contributed by atoms with Crippen LogP contribution < -0.4 is 10.1 Å². The molecule has 1 aromatic rings. The predicted octanol–water partition coefficient (Wildman–Crippen LogP) is 1.78. The molecule has 0 saturated carbocycles. The number of hydrogen-bond acceptors (Lipinski definition) is 5. The number of hydrogen-bond donors (Lipinski definition) is 1. The Labute approximate surface area is 113 Å². The SMILES string of the molecule is CC(C)OC(=O)c1cccnc1OCC1CCCN1. The maximum absolute atomic E-state index is 11.9. The summed E-state index contributed by atoms with van der Waals surface area (Å²) in [5, 5.41) is 3.34. The summed E-state index contributed by atoms with van der Waals surface area (Å²) in [6.07, 6.45) is 3.72. The van der Waals surface area contributed by atoms with Gasteiger partial charge in [-0.2, -0.15) is 0 Å². The highest BCUT2D eigenvalue weighted by atomic mass is 16.5. The molecule has 0 amide bonds. The molecule has 0 radical (unpaired) electrons. The molecule has 1 saturated heterocycles. The lowest BCUT2D eigenvalue weighted by Crippen LogP contribution is -2.28. The van der Waals surface area contributed by atoms with Crippen LogP contribution in [0.15, 0.2) is 18.3 Å². The molecule has 0 aliphatic carbocycles. The number of carbonyl (C=O) groups is 1. The van der Waals surface area contributed by atoms with Crippen LogP contribution in [0.25, 0.3) is 0 Å². The van der Waals surface area contributed by atoms with E-state index in [4.69, 9.17) is 9.47 Å². The fourth-order valence-corrected chi connectivity index (χ4v) is 2.02. The molecule has 0 aromatic carbocycles. The number of nitrogens with one attached hydrogen (secondary N) is 1. The number of esters is 1. The zero-order chi connectivity index (χ0) is 13.7. The molecular weight excluding hydrogens is 244 g/mol. The molecule has 0 spiro atoms. The van der Waals surface area contributed by atoms with Crippen LogP contribution in [0.2, 0.25) is 0 Å². The molecule has 1 aromatic heterocycles. The first kappa shape index (κ1) is 13.8. The molecule has 104 valence electrons. The molecule has 19 heavy (non-hydrogen) atoms. The van der Waals surface area contributed by atoms with E-state index in [9.17, 15) is 4.79 Å². The van der Waals surface area contributed by atoms with Crippen molar-refractivity contribution < 1.29 is 14.3 Å². The zero-order valence-electron chi connectivity index (χ0n) is 11.4. The second-order valence-corrected chi connectivity index (χ2v) is 4.91. The molecule has 2 rings (SSSR count). The monoisotopic (exact) mass is 264 g/mol. The maximum Gasteiger partial charge on any atom is 0.343 e. The minimum Gasteiger partial charge on any atom is -0.475 e. The van der Waals surface area contributed by atoms with Crippen LogP contribution >= 0.6 is 0 Å². The highest BCUT2D eigenvalue weighted by molar-refractivity contribution is 5.91. The number of nitrogens with zero attached hydrogens (tertiary/aromatic N) is 1. The van der Waals surface area contributed by atoms with Crippen LogP contribution in [-0.4, -0.2) is 36.3 Å². The largest absolute Gasteiger partial charge is 0.475 e. The summed E-state index contributed by atoms with van der Waals surface area (Å²) in [5.74, 6) is -0.0423. The van der Waals surface area contributed by atoms with E-state index in [-0.39, 0.29) is 6.10 Å². The van der Waals surface area contributed by atoms with Gasteiger partial charge in [0.25, 0.3) is 0 Å². The first-order valence-corrected chi connectivity index (χ1v) is 6.69. The third kappa shape index (κ3) is 3.92. The van der Waals surface area contributed by atoms with Crippen molar-refractivity contribution in [1.29, 1.82) is 0 Å². The second kappa shape index (κ2) is 6.52. The van der Waals surface area contributed by atoms with E-state index >= 15 is 0 Å². The van der Waals surface area contributed by atoms with E-state index in [0.29, 0.717) is 24.1 Å². The Morgan fingerprint density at radius 2 is 2.42 bits per heavy atom.